The van der Waals surface area contributed by atoms with Gasteiger partial charge >= 0.3 is 0 Å². The van der Waals surface area contributed by atoms with E-state index in [2.05, 4.69) is 15.9 Å². The van der Waals surface area contributed by atoms with Crippen LogP contribution < -0.4 is 9.64 Å². The smallest absolute Gasteiger partial charge is 0.260 e. The highest BCUT2D eigenvalue weighted by molar-refractivity contribution is 9.10. The van der Waals surface area contributed by atoms with Gasteiger partial charge in [0.1, 0.15) is 11.6 Å². The van der Waals surface area contributed by atoms with Gasteiger partial charge in [-0.25, -0.2) is 4.39 Å². The molecule has 1 heterocycles. The van der Waals surface area contributed by atoms with Gasteiger partial charge in [0.15, 0.2) is 18.7 Å². The molecule has 152 valence electrons. The van der Waals surface area contributed by atoms with E-state index in [9.17, 15) is 18.8 Å². The van der Waals surface area contributed by atoms with Crippen LogP contribution in [0.2, 0.25) is 0 Å². The van der Waals surface area contributed by atoms with Crippen molar-refractivity contribution in [3.63, 3.8) is 0 Å². The molecule has 1 amide bonds. The highest BCUT2D eigenvalue weighted by Crippen LogP contribution is 2.23. The number of nitrogens with zero attached hydrogens (tertiary/aromatic N) is 2. The van der Waals surface area contributed by atoms with Gasteiger partial charge in [0.2, 0.25) is 0 Å². The Kier molecular flexibility index (Phi) is 6.64. The van der Waals surface area contributed by atoms with Gasteiger partial charge in [-0.1, -0.05) is 15.9 Å². The summed E-state index contributed by atoms with van der Waals surface area (Å²) >= 11 is 3.28. The fraction of sp³-hybridized carbons (Fsp3) is 0.286. The van der Waals surface area contributed by atoms with Crippen LogP contribution >= 0.6 is 15.9 Å². The molecule has 1 aliphatic heterocycles. The molecule has 29 heavy (non-hydrogen) atoms. The molecule has 0 spiro atoms. The second-order valence-corrected chi connectivity index (χ2v) is 7.59. The van der Waals surface area contributed by atoms with Gasteiger partial charge < -0.3 is 14.5 Å². The lowest BCUT2D eigenvalue weighted by Gasteiger charge is -2.36. The number of rotatable bonds is 6. The number of benzene rings is 2. The zero-order chi connectivity index (χ0) is 21.0. The summed E-state index contributed by atoms with van der Waals surface area (Å²) in [5.41, 5.74) is 1.12. The van der Waals surface area contributed by atoms with Crippen molar-refractivity contribution in [2.24, 2.45) is 0 Å². The Bertz CT molecular complexity index is 942. The topological polar surface area (TPSA) is 66.9 Å². The van der Waals surface area contributed by atoms with Crippen molar-refractivity contribution in [2.75, 3.05) is 37.7 Å². The standard InChI is InChI=1S/C21H20BrFN2O4/c1-14(27)15-2-4-19(18(23)11-15)24-6-8-25(9-7-24)21(28)13-29-20-5-3-17(22)10-16(20)12-26/h2-5,10-12H,6-9,13H2,1H3. The number of carbonyl (C=O) groups is 3. The number of ketones is 1. The Morgan fingerprint density at radius 3 is 2.48 bits per heavy atom. The fourth-order valence-electron chi connectivity index (χ4n) is 3.15. The minimum Gasteiger partial charge on any atom is -0.483 e. The number of anilines is 1. The van der Waals surface area contributed by atoms with E-state index in [0.29, 0.717) is 55.0 Å². The summed E-state index contributed by atoms with van der Waals surface area (Å²) in [6.45, 7) is 3.02. The van der Waals surface area contributed by atoms with E-state index in [1.54, 1.807) is 35.2 Å². The van der Waals surface area contributed by atoms with E-state index in [1.807, 2.05) is 4.90 Å². The van der Waals surface area contributed by atoms with Gasteiger partial charge in [-0.05, 0) is 43.3 Å². The van der Waals surface area contributed by atoms with E-state index in [0.717, 1.165) is 4.47 Å². The van der Waals surface area contributed by atoms with E-state index in [4.69, 9.17) is 4.74 Å². The van der Waals surface area contributed by atoms with Crippen LogP contribution in [-0.2, 0) is 4.79 Å². The molecule has 0 aliphatic carbocycles. The monoisotopic (exact) mass is 462 g/mol. The lowest BCUT2D eigenvalue weighted by atomic mass is 10.1. The van der Waals surface area contributed by atoms with Gasteiger partial charge in [0.05, 0.1) is 11.3 Å². The molecule has 1 aliphatic rings. The summed E-state index contributed by atoms with van der Waals surface area (Å²) in [4.78, 5) is 38.4. The molecule has 0 aromatic heterocycles. The average molecular weight is 463 g/mol. The minimum atomic E-state index is -0.447. The van der Waals surface area contributed by atoms with Crippen molar-refractivity contribution in [1.82, 2.24) is 4.90 Å². The van der Waals surface area contributed by atoms with E-state index in [1.165, 1.54) is 13.0 Å². The predicted octanol–water partition coefficient (Wildman–Crippen LogP) is 3.33. The maximum Gasteiger partial charge on any atom is 0.260 e. The normalized spacial score (nSPS) is 13.9. The third-order valence-electron chi connectivity index (χ3n) is 4.78. The number of carbonyl (C=O) groups excluding carboxylic acids is 3. The number of halogens is 2. The maximum atomic E-state index is 14.3. The van der Waals surface area contributed by atoms with Gasteiger partial charge in [-0.15, -0.1) is 0 Å². The molecule has 0 saturated carbocycles. The number of piperazine rings is 1. The van der Waals surface area contributed by atoms with Gasteiger partial charge in [0.25, 0.3) is 5.91 Å². The molecular formula is C21H20BrFN2O4. The summed E-state index contributed by atoms with van der Waals surface area (Å²) < 4.78 is 20.6. The van der Waals surface area contributed by atoms with Crippen LogP contribution in [0.15, 0.2) is 40.9 Å². The van der Waals surface area contributed by atoms with Crippen molar-refractivity contribution in [3.05, 3.63) is 57.8 Å². The van der Waals surface area contributed by atoms with E-state index < -0.39 is 5.82 Å². The Hall–Kier alpha value is -2.74. The van der Waals surface area contributed by atoms with Crippen LogP contribution in [0, 0.1) is 5.82 Å². The molecule has 0 radical (unpaired) electrons. The highest BCUT2D eigenvalue weighted by atomic mass is 79.9. The van der Waals surface area contributed by atoms with Gasteiger partial charge in [-0.2, -0.15) is 0 Å². The molecule has 2 aromatic rings. The van der Waals surface area contributed by atoms with E-state index >= 15 is 0 Å². The molecular weight excluding hydrogens is 443 g/mol. The van der Waals surface area contributed by atoms with Gasteiger partial charge in [0, 0.05) is 36.2 Å². The summed E-state index contributed by atoms with van der Waals surface area (Å²) in [7, 11) is 0. The fourth-order valence-corrected chi connectivity index (χ4v) is 3.53. The molecule has 0 bridgehead atoms. The van der Waals surface area contributed by atoms with Crippen molar-refractivity contribution in [2.45, 2.75) is 6.92 Å². The molecule has 6 nitrogen and oxygen atoms in total. The number of amides is 1. The predicted molar refractivity (Wildman–Crippen MR) is 110 cm³/mol. The zero-order valence-corrected chi connectivity index (χ0v) is 17.4. The number of aldehydes is 1. The molecule has 2 aromatic carbocycles. The minimum absolute atomic E-state index is 0.176. The van der Waals surface area contributed by atoms with Gasteiger partial charge in [-0.3, -0.25) is 14.4 Å². The first kappa shape index (κ1) is 21.0. The molecule has 3 rings (SSSR count). The third kappa shape index (κ3) is 5.00. The Morgan fingerprint density at radius 2 is 1.86 bits per heavy atom. The van der Waals surface area contributed by atoms with Crippen molar-refractivity contribution in [1.29, 1.82) is 0 Å². The summed E-state index contributed by atoms with van der Waals surface area (Å²) in [5.74, 6) is -0.480. The SMILES string of the molecule is CC(=O)c1ccc(N2CCN(C(=O)COc3ccc(Br)cc3C=O)CC2)c(F)c1. The molecule has 0 unspecified atom stereocenters. The van der Waals surface area contributed by atoms with Crippen molar-refractivity contribution < 1.29 is 23.5 Å². The summed E-state index contributed by atoms with van der Waals surface area (Å²) in [5, 5.41) is 0. The van der Waals surface area contributed by atoms with Crippen molar-refractivity contribution >= 4 is 39.6 Å². The van der Waals surface area contributed by atoms with E-state index in [-0.39, 0.29) is 18.3 Å². The third-order valence-corrected chi connectivity index (χ3v) is 5.27. The molecule has 0 atom stereocenters. The second-order valence-electron chi connectivity index (χ2n) is 6.68. The molecule has 8 heteroatoms. The van der Waals surface area contributed by atoms with Crippen LogP contribution in [0.1, 0.15) is 27.6 Å². The Labute approximate surface area is 176 Å². The first-order valence-electron chi connectivity index (χ1n) is 9.10. The lowest BCUT2D eigenvalue weighted by Crippen LogP contribution is -2.50. The molecule has 1 fully saturated rings. The number of hydrogen-bond donors (Lipinski definition) is 0. The number of hydrogen-bond acceptors (Lipinski definition) is 5. The van der Waals surface area contributed by atoms with Crippen LogP contribution in [0.4, 0.5) is 10.1 Å². The first-order chi connectivity index (χ1) is 13.9. The molecule has 0 N–H and O–H groups in total. The average Bonchev–Trinajstić information content (AvgIpc) is 2.72. The number of ether oxygens (including phenoxy) is 1. The lowest BCUT2D eigenvalue weighted by molar-refractivity contribution is -0.133. The van der Waals surface area contributed by atoms with Crippen molar-refractivity contribution in [3.8, 4) is 5.75 Å². The quantitative estimate of drug-likeness (QED) is 0.486. The first-order valence-corrected chi connectivity index (χ1v) is 9.89. The largest absolute Gasteiger partial charge is 0.483 e. The Balaban J connectivity index is 1.56. The second kappa shape index (κ2) is 9.17. The molecule has 1 saturated heterocycles. The highest BCUT2D eigenvalue weighted by Gasteiger charge is 2.23. The van der Waals surface area contributed by atoms with Crippen LogP contribution in [0.5, 0.6) is 5.75 Å². The summed E-state index contributed by atoms with van der Waals surface area (Å²) in [6, 6.07) is 9.43. The summed E-state index contributed by atoms with van der Waals surface area (Å²) in [6.07, 6.45) is 0.676. The van der Waals surface area contributed by atoms with Crippen LogP contribution in [0.25, 0.3) is 0 Å². The van der Waals surface area contributed by atoms with Crippen LogP contribution in [0.3, 0.4) is 0 Å². The Morgan fingerprint density at radius 1 is 1.14 bits per heavy atom. The zero-order valence-electron chi connectivity index (χ0n) is 15.9. The maximum absolute atomic E-state index is 14.3. The number of Topliss-reactive ketones (excluding diaryl/α,β-unsaturated/α-hetero) is 1. The van der Waals surface area contributed by atoms with Crippen LogP contribution in [-0.4, -0.2) is 55.7 Å².